The molecule has 102 valence electrons. The molecule has 0 spiro atoms. The van der Waals surface area contributed by atoms with Crippen molar-refractivity contribution in [1.29, 1.82) is 0 Å². The Hall–Kier alpha value is 0.963. The number of phenolic OH excluding ortho intramolecular Hbond substituents is 2. The van der Waals surface area contributed by atoms with E-state index in [-0.39, 0.29) is 51.0 Å². The molecule has 0 saturated carbocycles. The number of rotatable bonds is 0. The van der Waals surface area contributed by atoms with E-state index in [2.05, 4.69) is 45.2 Å². The molecule has 2 nitrogen and oxygen atoms in total. The second-order valence-corrected chi connectivity index (χ2v) is 5.44. The Bertz CT molecular complexity index is 353. The number of phenols is 2. The van der Waals surface area contributed by atoms with Crippen molar-refractivity contribution in [2.45, 2.75) is 0 Å². The molecule has 2 aromatic carbocycles. The molecule has 2 aromatic rings. The third-order valence-corrected chi connectivity index (χ3v) is 3.09. The Kier molecular flexibility index (Phi) is 18.3. The number of hydrogen-bond acceptors (Lipinski definition) is 2. The molecule has 0 heterocycles. The van der Waals surface area contributed by atoms with Crippen molar-refractivity contribution in [1.82, 2.24) is 0 Å². The summed E-state index contributed by atoms with van der Waals surface area (Å²) in [4.78, 5) is 0. The summed E-state index contributed by atoms with van der Waals surface area (Å²) in [7, 11) is 0. The van der Waals surface area contributed by atoms with Crippen LogP contribution in [0.1, 0.15) is 0 Å². The summed E-state index contributed by atoms with van der Waals surface area (Å²) in [5.74, 6) is 0.649. The second kappa shape index (κ2) is 13.9. The van der Waals surface area contributed by atoms with Gasteiger partial charge in [0.1, 0.15) is 11.5 Å². The van der Waals surface area contributed by atoms with Gasteiger partial charge in [-0.1, -0.05) is 0 Å². The molecular weight excluding hydrogens is 592 g/mol. The average Bonchev–Trinajstić information content (AvgIpc) is 2.28. The molecule has 2 rings (SSSR count). The van der Waals surface area contributed by atoms with Crippen LogP contribution in [0.2, 0.25) is 0 Å². The van der Waals surface area contributed by atoms with Gasteiger partial charge in [0.05, 0.1) is 0 Å². The molecule has 0 saturated heterocycles. The Labute approximate surface area is 171 Å². The van der Waals surface area contributed by atoms with Crippen LogP contribution in [-0.4, -0.2) is 10.2 Å². The first-order valence-electron chi connectivity index (χ1n) is 4.47. The van der Waals surface area contributed by atoms with E-state index >= 15 is 0 Å². The van der Waals surface area contributed by atoms with Crippen LogP contribution in [0, 0.1) is 7.14 Å². The number of halogens is 4. The fourth-order valence-electron chi connectivity index (χ4n) is 0.882. The molecule has 0 aliphatic carbocycles. The van der Waals surface area contributed by atoms with Gasteiger partial charge in [-0.25, -0.2) is 0 Å². The Morgan fingerprint density at radius 2 is 0.789 bits per heavy atom. The van der Waals surface area contributed by atoms with E-state index in [4.69, 9.17) is 10.2 Å². The van der Waals surface area contributed by atoms with Crippen LogP contribution >= 0.6 is 45.2 Å². The summed E-state index contributed by atoms with van der Waals surface area (Å²) in [6.07, 6.45) is 0. The maximum Gasteiger partial charge on any atom is 2.00 e. The van der Waals surface area contributed by atoms with E-state index in [0.29, 0.717) is 11.5 Å². The molecule has 0 radical (unpaired) electrons. The van der Waals surface area contributed by atoms with E-state index in [1.54, 1.807) is 24.3 Å². The van der Waals surface area contributed by atoms with Crippen molar-refractivity contribution in [3.05, 3.63) is 55.7 Å². The van der Waals surface area contributed by atoms with Crippen molar-refractivity contribution in [3.8, 4) is 11.5 Å². The van der Waals surface area contributed by atoms with Crippen molar-refractivity contribution < 1.29 is 61.2 Å². The van der Waals surface area contributed by atoms with Gasteiger partial charge in [0, 0.05) is 7.14 Å². The molecule has 2 N–H and O–H groups in total. The normalized spacial score (nSPS) is 7.68. The first-order valence-corrected chi connectivity index (χ1v) is 6.63. The summed E-state index contributed by atoms with van der Waals surface area (Å²) in [6.45, 7) is 0. The summed E-state index contributed by atoms with van der Waals surface area (Å²) < 4.78 is 2.28. The predicted octanol–water partition coefficient (Wildman–Crippen LogP) is -2.00. The van der Waals surface area contributed by atoms with Crippen molar-refractivity contribution in [2.24, 2.45) is 0 Å². The van der Waals surface area contributed by atoms with Gasteiger partial charge in [0.25, 0.3) is 0 Å². The van der Waals surface area contributed by atoms with E-state index in [1.807, 2.05) is 24.3 Å². The molecule has 0 aliphatic heterocycles. The molecular formula is C12H10Cl2I2O2Zr. The number of hydrogen-bond donors (Lipinski definition) is 2. The van der Waals surface area contributed by atoms with Gasteiger partial charge in [-0.15, -0.1) is 0 Å². The summed E-state index contributed by atoms with van der Waals surface area (Å²) >= 11 is 4.37. The molecule has 0 atom stereocenters. The molecule has 0 aliphatic rings. The zero-order valence-corrected chi connectivity index (χ0v) is 17.8. The fraction of sp³-hybridized carbons (Fsp3) is 0. The molecule has 0 fully saturated rings. The van der Waals surface area contributed by atoms with Crippen LogP contribution in [0.4, 0.5) is 0 Å². The summed E-state index contributed by atoms with van der Waals surface area (Å²) in [5.41, 5.74) is 0. The molecule has 7 heteroatoms. The molecule has 0 aromatic heterocycles. The minimum Gasteiger partial charge on any atom is -1.00 e. The van der Waals surface area contributed by atoms with E-state index in [9.17, 15) is 0 Å². The van der Waals surface area contributed by atoms with Gasteiger partial charge in [-0.05, 0) is 93.7 Å². The van der Waals surface area contributed by atoms with Crippen LogP contribution in [0.3, 0.4) is 0 Å². The first kappa shape index (κ1) is 24.9. The van der Waals surface area contributed by atoms with Gasteiger partial charge in [0.15, 0.2) is 0 Å². The van der Waals surface area contributed by atoms with E-state index < -0.39 is 0 Å². The zero-order chi connectivity index (χ0) is 12.0. The molecule has 0 bridgehead atoms. The third kappa shape index (κ3) is 12.4. The Morgan fingerprint density at radius 3 is 0.947 bits per heavy atom. The van der Waals surface area contributed by atoms with Gasteiger partial charge in [-0.3, -0.25) is 0 Å². The molecule has 0 unspecified atom stereocenters. The van der Waals surface area contributed by atoms with Gasteiger partial charge in [0.2, 0.25) is 0 Å². The van der Waals surface area contributed by atoms with Crippen LogP contribution in [0.15, 0.2) is 48.5 Å². The summed E-state index contributed by atoms with van der Waals surface area (Å²) in [5, 5.41) is 17.5. The largest absolute Gasteiger partial charge is 2.00 e. The quantitative estimate of drug-likeness (QED) is 0.343. The van der Waals surface area contributed by atoms with Crippen LogP contribution < -0.4 is 24.8 Å². The van der Waals surface area contributed by atoms with E-state index in [0.717, 1.165) is 7.14 Å². The molecule has 0 amide bonds. The van der Waals surface area contributed by atoms with Crippen LogP contribution in [0.25, 0.3) is 0 Å². The van der Waals surface area contributed by atoms with Gasteiger partial charge < -0.3 is 35.0 Å². The molecule has 19 heavy (non-hydrogen) atoms. The van der Waals surface area contributed by atoms with Crippen molar-refractivity contribution >= 4 is 45.2 Å². The maximum absolute atomic E-state index is 8.75. The fourth-order valence-corrected chi connectivity index (χ4v) is 1.60. The van der Waals surface area contributed by atoms with Gasteiger partial charge in [-0.2, -0.15) is 0 Å². The standard InChI is InChI=1S/2C6H5IO.2ClH.Zr/c2*7-5-1-3-6(8)4-2-5;;;/h2*1-4,8H;2*1H;/q;;;;+2/p-2. The Balaban J connectivity index is -0.000000233. The Morgan fingerprint density at radius 1 is 0.579 bits per heavy atom. The van der Waals surface area contributed by atoms with Crippen molar-refractivity contribution in [3.63, 3.8) is 0 Å². The maximum atomic E-state index is 8.75. The monoisotopic (exact) mass is 600 g/mol. The SMILES string of the molecule is Oc1ccc(I)cc1.Oc1ccc(I)cc1.[Cl-].[Cl-].[Zr+2]. The van der Waals surface area contributed by atoms with Crippen LogP contribution in [-0.2, 0) is 26.2 Å². The number of benzene rings is 2. The first-order chi connectivity index (χ1) is 7.58. The summed E-state index contributed by atoms with van der Waals surface area (Å²) in [6, 6.07) is 14.1. The smallest absolute Gasteiger partial charge is 1.00 e. The second-order valence-electron chi connectivity index (χ2n) is 2.95. The minimum absolute atomic E-state index is 0. The van der Waals surface area contributed by atoms with Crippen LogP contribution in [0.5, 0.6) is 11.5 Å². The van der Waals surface area contributed by atoms with Gasteiger partial charge >= 0.3 is 26.2 Å². The third-order valence-electron chi connectivity index (χ3n) is 1.65. The zero-order valence-electron chi connectivity index (χ0n) is 9.53. The number of aromatic hydroxyl groups is 2. The predicted molar refractivity (Wildman–Crippen MR) is 81.6 cm³/mol. The average molecular weight is 602 g/mol. The van der Waals surface area contributed by atoms with E-state index in [1.165, 1.54) is 0 Å². The van der Waals surface area contributed by atoms with Crippen molar-refractivity contribution in [2.75, 3.05) is 0 Å². The topological polar surface area (TPSA) is 40.5 Å². The minimum atomic E-state index is 0.